The molecule has 2 aromatic heterocycles. The molecule has 2 heterocycles. The predicted octanol–water partition coefficient (Wildman–Crippen LogP) is 5.20. The molecule has 0 fully saturated rings. The monoisotopic (exact) mass is 347 g/mol. The summed E-state index contributed by atoms with van der Waals surface area (Å²) in [6, 6.07) is 21.5. The van der Waals surface area contributed by atoms with E-state index in [1.807, 2.05) is 59.1 Å². The fraction of sp³-hybridized carbons (Fsp3) is 0. The zero-order chi connectivity index (χ0) is 17.4. The quantitative estimate of drug-likeness (QED) is 0.518. The molecule has 0 amide bonds. The van der Waals surface area contributed by atoms with Crippen molar-refractivity contribution in [3.8, 4) is 16.9 Å². The van der Waals surface area contributed by atoms with Crippen molar-refractivity contribution in [3.63, 3.8) is 0 Å². The molecule has 4 heteroatoms. The summed E-state index contributed by atoms with van der Waals surface area (Å²) in [5.41, 5.74) is 3.83. The van der Waals surface area contributed by atoms with E-state index in [0.29, 0.717) is 16.3 Å². The fourth-order valence-electron chi connectivity index (χ4n) is 2.95. The Labute approximate surface area is 149 Å². The van der Waals surface area contributed by atoms with Gasteiger partial charge in [0.15, 0.2) is 0 Å². The Balaban J connectivity index is 1.94. The normalized spacial score (nSPS) is 10.9. The number of ketones is 1. The van der Waals surface area contributed by atoms with E-state index in [-0.39, 0.29) is 11.5 Å². The van der Waals surface area contributed by atoms with Gasteiger partial charge in [-0.25, -0.2) is 0 Å². The van der Waals surface area contributed by atoms with Crippen molar-refractivity contribution >= 4 is 22.9 Å². The highest BCUT2D eigenvalue weighted by Gasteiger charge is 2.20. The van der Waals surface area contributed by atoms with Crippen LogP contribution in [0.15, 0.2) is 79.0 Å². The van der Waals surface area contributed by atoms with Crippen LogP contribution in [-0.4, -0.2) is 15.3 Å². The number of aromatic hydroxyl groups is 1. The minimum atomic E-state index is -0.101. The Morgan fingerprint density at radius 3 is 2.36 bits per heavy atom. The van der Waals surface area contributed by atoms with Crippen LogP contribution >= 0.6 is 11.6 Å². The number of nitrogens with zero attached hydrogens (tertiary/aromatic N) is 1. The summed E-state index contributed by atoms with van der Waals surface area (Å²) in [7, 11) is 0. The summed E-state index contributed by atoms with van der Waals surface area (Å²) in [6.45, 7) is 0. The third-order valence-electron chi connectivity index (χ3n) is 4.18. The topological polar surface area (TPSA) is 41.7 Å². The lowest BCUT2D eigenvalue weighted by atomic mass is 10.0. The Morgan fingerprint density at radius 1 is 0.920 bits per heavy atom. The van der Waals surface area contributed by atoms with Gasteiger partial charge in [-0.3, -0.25) is 4.79 Å². The molecule has 4 aromatic rings. The number of phenolic OH excluding ortho intramolecular Hbond substituents is 1. The van der Waals surface area contributed by atoms with E-state index in [0.717, 1.165) is 16.6 Å². The maximum absolute atomic E-state index is 13.2. The minimum absolute atomic E-state index is 0.101. The van der Waals surface area contributed by atoms with Gasteiger partial charge in [-0.05, 0) is 60.2 Å². The van der Waals surface area contributed by atoms with Gasteiger partial charge in [-0.2, -0.15) is 0 Å². The van der Waals surface area contributed by atoms with Crippen molar-refractivity contribution in [3.05, 3.63) is 95.3 Å². The van der Waals surface area contributed by atoms with Crippen LogP contribution in [0.5, 0.6) is 5.75 Å². The third kappa shape index (κ3) is 2.79. The lowest BCUT2D eigenvalue weighted by Gasteiger charge is -2.07. The molecule has 2 aromatic carbocycles. The van der Waals surface area contributed by atoms with E-state index < -0.39 is 0 Å². The maximum atomic E-state index is 13.2. The zero-order valence-corrected chi connectivity index (χ0v) is 13.9. The smallest absolute Gasteiger partial charge is 0.210 e. The molecular formula is C21H14ClNO2. The number of aromatic nitrogens is 1. The van der Waals surface area contributed by atoms with Crippen molar-refractivity contribution in [1.82, 2.24) is 4.40 Å². The second kappa shape index (κ2) is 6.11. The molecule has 4 rings (SSSR count). The van der Waals surface area contributed by atoms with Crippen molar-refractivity contribution in [2.24, 2.45) is 0 Å². The first-order chi connectivity index (χ1) is 12.1. The summed E-state index contributed by atoms with van der Waals surface area (Å²) in [5.74, 6) is 0.0330. The fourth-order valence-corrected chi connectivity index (χ4v) is 3.08. The highest BCUT2D eigenvalue weighted by atomic mass is 35.5. The van der Waals surface area contributed by atoms with E-state index in [1.54, 1.807) is 12.1 Å². The van der Waals surface area contributed by atoms with Crippen molar-refractivity contribution in [1.29, 1.82) is 0 Å². The average Bonchev–Trinajstić information content (AvgIpc) is 3.02. The number of pyridine rings is 1. The van der Waals surface area contributed by atoms with Gasteiger partial charge in [0.1, 0.15) is 11.4 Å². The van der Waals surface area contributed by atoms with Crippen LogP contribution in [0.2, 0.25) is 5.02 Å². The van der Waals surface area contributed by atoms with Crippen LogP contribution in [0, 0.1) is 0 Å². The first kappa shape index (κ1) is 15.5. The van der Waals surface area contributed by atoms with Gasteiger partial charge in [-0.15, -0.1) is 0 Å². The Morgan fingerprint density at radius 2 is 1.64 bits per heavy atom. The summed E-state index contributed by atoms with van der Waals surface area (Å²) < 4.78 is 1.89. The third-order valence-corrected chi connectivity index (χ3v) is 4.43. The van der Waals surface area contributed by atoms with Crippen molar-refractivity contribution in [2.75, 3.05) is 0 Å². The molecular weight excluding hydrogens is 334 g/mol. The second-order valence-corrected chi connectivity index (χ2v) is 6.22. The standard InChI is InChI=1S/C21H14ClNO2/c22-16-8-4-14(5-9-16)19-13-17-3-1-2-12-23(17)20(19)21(25)15-6-10-18(24)11-7-15/h1-13,24H. The van der Waals surface area contributed by atoms with Gasteiger partial charge in [0, 0.05) is 27.9 Å². The molecule has 3 nitrogen and oxygen atoms in total. The number of halogens is 1. The molecule has 0 saturated carbocycles. The van der Waals surface area contributed by atoms with Crippen LogP contribution in [0.25, 0.3) is 16.6 Å². The molecule has 122 valence electrons. The van der Waals surface area contributed by atoms with Gasteiger partial charge < -0.3 is 9.51 Å². The Bertz CT molecular complexity index is 1060. The molecule has 0 aliphatic heterocycles. The number of phenols is 1. The molecule has 0 bridgehead atoms. The van der Waals surface area contributed by atoms with Gasteiger partial charge in [0.25, 0.3) is 0 Å². The molecule has 0 atom stereocenters. The predicted molar refractivity (Wildman–Crippen MR) is 99.4 cm³/mol. The highest BCUT2D eigenvalue weighted by Crippen LogP contribution is 2.30. The molecule has 0 aliphatic rings. The molecule has 0 saturated heterocycles. The minimum Gasteiger partial charge on any atom is -0.508 e. The van der Waals surface area contributed by atoms with Gasteiger partial charge in [0.2, 0.25) is 5.78 Å². The summed E-state index contributed by atoms with van der Waals surface area (Å²) in [6.07, 6.45) is 1.88. The number of carbonyl (C=O) groups excluding carboxylic acids is 1. The van der Waals surface area contributed by atoms with Crippen LogP contribution in [-0.2, 0) is 0 Å². The molecule has 0 aliphatic carbocycles. The van der Waals surface area contributed by atoms with Gasteiger partial charge in [-0.1, -0.05) is 29.8 Å². The summed E-state index contributed by atoms with van der Waals surface area (Å²) in [4.78, 5) is 13.2. The Hall–Kier alpha value is -3.04. The van der Waals surface area contributed by atoms with E-state index in [2.05, 4.69) is 0 Å². The molecule has 0 unspecified atom stereocenters. The van der Waals surface area contributed by atoms with Crippen LogP contribution < -0.4 is 0 Å². The molecule has 1 N–H and O–H groups in total. The van der Waals surface area contributed by atoms with Crippen LogP contribution in [0.4, 0.5) is 0 Å². The zero-order valence-electron chi connectivity index (χ0n) is 13.2. The van der Waals surface area contributed by atoms with E-state index in [4.69, 9.17) is 11.6 Å². The van der Waals surface area contributed by atoms with E-state index in [9.17, 15) is 9.90 Å². The molecule has 0 radical (unpaired) electrons. The Kier molecular flexibility index (Phi) is 3.79. The van der Waals surface area contributed by atoms with Crippen molar-refractivity contribution < 1.29 is 9.90 Å². The SMILES string of the molecule is O=C(c1ccc(O)cc1)c1c(-c2ccc(Cl)cc2)cc2ccccn12. The van der Waals surface area contributed by atoms with E-state index in [1.165, 1.54) is 12.1 Å². The molecule has 25 heavy (non-hydrogen) atoms. The number of hydrogen-bond donors (Lipinski definition) is 1. The first-order valence-electron chi connectivity index (χ1n) is 7.83. The van der Waals surface area contributed by atoms with Gasteiger partial charge in [0.05, 0.1) is 0 Å². The first-order valence-corrected chi connectivity index (χ1v) is 8.21. The highest BCUT2D eigenvalue weighted by molar-refractivity contribution is 6.30. The van der Waals surface area contributed by atoms with E-state index >= 15 is 0 Å². The van der Waals surface area contributed by atoms with Crippen LogP contribution in [0.3, 0.4) is 0 Å². The lowest BCUT2D eigenvalue weighted by Crippen LogP contribution is -2.06. The average molecular weight is 348 g/mol. The number of fused-ring (bicyclic) bond motifs is 1. The largest absolute Gasteiger partial charge is 0.508 e. The van der Waals surface area contributed by atoms with Crippen LogP contribution in [0.1, 0.15) is 16.1 Å². The second-order valence-electron chi connectivity index (χ2n) is 5.79. The number of hydrogen-bond acceptors (Lipinski definition) is 2. The summed E-state index contributed by atoms with van der Waals surface area (Å²) in [5, 5.41) is 10.1. The number of carbonyl (C=O) groups is 1. The number of rotatable bonds is 3. The summed E-state index contributed by atoms with van der Waals surface area (Å²) >= 11 is 6.00. The lowest BCUT2D eigenvalue weighted by molar-refractivity contribution is 0.103. The number of benzene rings is 2. The van der Waals surface area contributed by atoms with Crippen molar-refractivity contribution in [2.45, 2.75) is 0 Å². The maximum Gasteiger partial charge on any atom is 0.210 e. The van der Waals surface area contributed by atoms with Gasteiger partial charge >= 0.3 is 0 Å². The molecule has 0 spiro atoms.